The minimum absolute atomic E-state index is 0.0960. The standard InChI is InChI=1S/C53H40N2/c1-4-36-18-20-37(21-19-36)38-22-27-42(28-23-38)54(44-31-32-46-45-14-8-10-16-49(45)53(2,3)50(46)35-44)43-29-24-39(25-30-43)40-26-33-52-48(34-40)47-15-9-11-17-51(47)55(52)41-12-6-5-7-13-41/h4-35H,1H2,2-3H3. The van der Waals surface area contributed by atoms with Crippen LogP contribution >= 0.6 is 0 Å². The van der Waals surface area contributed by atoms with Crippen molar-refractivity contribution in [2.24, 2.45) is 0 Å². The van der Waals surface area contributed by atoms with Crippen LogP contribution in [0.15, 0.2) is 195 Å². The minimum Gasteiger partial charge on any atom is -0.310 e. The minimum atomic E-state index is -0.0960. The third-order valence-electron chi connectivity index (χ3n) is 11.6. The van der Waals surface area contributed by atoms with Gasteiger partial charge >= 0.3 is 0 Å². The van der Waals surface area contributed by atoms with Gasteiger partial charge in [-0.3, -0.25) is 0 Å². The lowest BCUT2D eigenvalue weighted by Gasteiger charge is -2.28. The summed E-state index contributed by atoms with van der Waals surface area (Å²) in [5.41, 5.74) is 18.1. The van der Waals surface area contributed by atoms with Gasteiger partial charge in [-0.15, -0.1) is 0 Å². The molecule has 1 aliphatic rings. The second kappa shape index (κ2) is 12.9. The molecule has 2 nitrogen and oxygen atoms in total. The number of aromatic nitrogens is 1. The number of fused-ring (bicyclic) bond motifs is 6. The Balaban J connectivity index is 1.06. The largest absolute Gasteiger partial charge is 0.310 e. The molecule has 9 aromatic rings. The highest BCUT2D eigenvalue weighted by molar-refractivity contribution is 6.10. The maximum atomic E-state index is 3.91. The fourth-order valence-corrected chi connectivity index (χ4v) is 8.70. The van der Waals surface area contributed by atoms with E-state index in [1.165, 1.54) is 72.0 Å². The summed E-state index contributed by atoms with van der Waals surface area (Å²) in [5, 5.41) is 2.51. The van der Waals surface area contributed by atoms with Gasteiger partial charge in [-0.1, -0.05) is 148 Å². The topological polar surface area (TPSA) is 8.17 Å². The molecule has 10 rings (SSSR count). The molecule has 1 heterocycles. The average Bonchev–Trinajstić information content (AvgIpc) is 3.69. The molecule has 1 aliphatic carbocycles. The Morgan fingerprint density at radius 3 is 1.71 bits per heavy atom. The van der Waals surface area contributed by atoms with Crippen LogP contribution in [0.5, 0.6) is 0 Å². The SMILES string of the molecule is C=Cc1ccc(-c2ccc(N(c3ccc(-c4ccc5c(c4)c4ccccc4n5-c4ccccc4)cc3)c3ccc4c(c3)C(C)(C)c3ccccc3-4)cc2)cc1. The van der Waals surface area contributed by atoms with E-state index in [-0.39, 0.29) is 5.41 Å². The predicted octanol–water partition coefficient (Wildman–Crippen LogP) is 14.5. The maximum Gasteiger partial charge on any atom is 0.0541 e. The second-order valence-electron chi connectivity index (χ2n) is 15.1. The van der Waals surface area contributed by atoms with Gasteiger partial charge in [0.15, 0.2) is 0 Å². The van der Waals surface area contributed by atoms with E-state index < -0.39 is 0 Å². The molecule has 0 amide bonds. The zero-order valence-electron chi connectivity index (χ0n) is 31.1. The van der Waals surface area contributed by atoms with Crippen LogP contribution in [0.3, 0.4) is 0 Å². The molecule has 0 unspecified atom stereocenters. The average molecular weight is 705 g/mol. The molecule has 262 valence electrons. The Kier molecular flexibility index (Phi) is 7.67. The van der Waals surface area contributed by atoms with Crippen molar-refractivity contribution in [2.45, 2.75) is 19.3 Å². The first kappa shape index (κ1) is 32.7. The molecule has 0 fully saturated rings. The molecule has 0 N–H and O–H groups in total. The van der Waals surface area contributed by atoms with Crippen molar-refractivity contribution in [3.05, 3.63) is 211 Å². The van der Waals surface area contributed by atoms with E-state index in [1.807, 2.05) is 6.08 Å². The van der Waals surface area contributed by atoms with Crippen LogP contribution in [0, 0.1) is 0 Å². The summed E-state index contributed by atoms with van der Waals surface area (Å²) < 4.78 is 2.37. The van der Waals surface area contributed by atoms with Crippen molar-refractivity contribution in [2.75, 3.05) is 4.90 Å². The van der Waals surface area contributed by atoms with Crippen LogP contribution in [0.2, 0.25) is 0 Å². The lowest BCUT2D eigenvalue weighted by Crippen LogP contribution is -2.16. The number of hydrogen-bond acceptors (Lipinski definition) is 1. The first-order valence-corrected chi connectivity index (χ1v) is 19.0. The van der Waals surface area contributed by atoms with E-state index in [1.54, 1.807) is 0 Å². The molecule has 2 heteroatoms. The number of anilines is 3. The normalized spacial score (nSPS) is 12.8. The summed E-state index contributed by atoms with van der Waals surface area (Å²) in [4.78, 5) is 2.39. The lowest BCUT2D eigenvalue weighted by molar-refractivity contribution is 0.660. The Labute approximate surface area is 322 Å². The first-order valence-electron chi connectivity index (χ1n) is 19.0. The monoisotopic (exact) mass is 704 g/mol. The summed E-state index contributed by atoms with van der Waals surface area (Å²) >= 11 is 0. The van der Waals surface area contributed by atoms with E-state index >= 15 is 0 Å². The lowest BCUT2D eigenvalue weighted by atomic mass is 9.82. The van der Waals surface area contributed by atoms with Gasteiger partial charge in [-0.05, 0) is 117 Å². The molecular formula is C53H40N2. The molecular weight excluding hydrogens is 665 g/mol. The second-order valence-corrected chi connectivity index (χ2v) is 15.1. The Morgan fingerprint density at radius 1 is 0.455 bits per heavy atom. The maximum absolute atomic E-state index is 3.91. The van der Waals surface area contributed by atoms with Gasteiger partial charge in [0, 0.05) is 38.9 Å². The van der Waals surface area contributed by atoms with Gasteiger partial charge in [0.25, 0.3) is 0 Å². The summed E-state index contributed by atoms with van der Waals surface area (Å²) in [6.45, 7) is 8.61. The molecule has 0 atom stereocenters. The van der Waals surface area contributed by atoms with Gasteiger partial charge in [0.2, 0.25) is 0 Å². The van der Waals surface area contributed by atoms with Gasteiger partial charge in [0.1, 0.15) is 0 Å². The van der Waals surface area contributed by atoms with E-state index in [4.69, 9.17) is 0 Å². The van der Waals surface area contributed by atoms with Crippen molar-refractivity contribution >= 4 is 44.9 Å². The molecule has 0 aliphatic heterocycles. The van der Waals surface area contributed by atoms with Crippen molar-refractivity contribution in [3.63, 3.8) is 0 Å². The molecule has 0 bridgehead atoms. The summed E-state index contributed by atoms with van der Waals surface area (Å²) in [5.74, 6) is 0. The zero-order chi connectivity index (χ0) is 37.1. The number of rotatable bonds is 7. The van der Waals surface area contributed by atoms with Crippen LogP contribution < -0.4 is 4.90 Å². The predicted molar refractivity (Wildman–Crippen MR) is 234 cm³/mol. The first-order chi connectivity index (χ1) is 27.0. The van der Waals surface area contributed by atoms with Crippen LogP contribution in [-0.4, -0.2) is 4.57 Å². The summed E-state index contributed by atoms with van der Waals surface area (Å²) in [7, 11) is 0. The number of benzene rings is 8. The number of para-hydroxylation sites is 2. The summed E-state index contributed by atoms with van der Waals surface area (Å²) in [6.07, 6.45) is 1.88. The Bertz CT molecular complexity index is 2880. The molecule has 0 spiro atoms. The third kappa shape index (κ3) is 5.41. The van der Waals surface area contributed by atoms with Crippen molar-refractivity contribution < 1.29 is 0 Å². The highest BCUT2D eigenvalue weighted by atomic mass is 15.1. The fourth-order valence-electron chi connectivity index (χ4n) is 8.70. The highest BCUT2D eigenvalue weighted by Gasteiger charge is 2.35. The Hall–Kier alpha value is -6.90. The molecule has 0 radical (unpaired) electrons. The smallest absolute Gasteiger partial charge is 0.0541 e. The van der Waals surface area contributed by atoms with E-state index in [9.17, 15) is 0 Å². The number of hydrogen-bond donors (Lipinski definition) is 0. The molecule has 1 aromatic heterocycles. The van der Waals surface area contributed by atoms with E-state index in [0.29, 0.717) is 0 Å². The third-order valence-corrected chi connectivity index (χ3v) is 11.6. The van der Waals surface area contributed by atoms with Crippen molar-refractivity contribution in [3.8, 4) is 39.1 Å². The van der Waals surface area contributed by atoms with Crippen molar-refractivity contribution in [1.82, 2.24) is 4.57 Å². The zero-order valence-corrected chi connectivity index (χ0v) is 31.1. The van der Waals surface area contributed by atoms with Crippen LogP contribution in [0.4, 0.5) is 17.1 Å². The molecule has 8 aromatic carbocycles. The van der Waals surface area contributed by atoms with E-state index in [0.717, 1.165) is 22.6 Å². The van der Waals surface area contributed by atoms with Crippen molar-refractivity contribution in [1.29, 1.82) is 0 Å². The Morgan fingerprint density at radius 2 is 1.00 bits per heavy atom. The molecule has 0 saturated heterocycles. The van der Waals surface area contributed by atoms with Gasteiger partial charge < -0.3 is 9.47 Å². The van der Waals surface area contributed by atoms with Gasteiger partial charge in [-0.2, -0.15) is 0 Å². The van der Waals surface area contributed by atoms with Gasteiger partial charge in [0.05, 0.1) is 11.0 Å². The quantitative estimate of drug-likeness (QED) is 0.160. The van der Waals surface area contributed by atoms with E-state index in [2.05, 4.69) is 218 Å². The van der Waals surface area contributed by atoms with Crippen LogP contribution in [0.25, 0.3) is 66.9 Å². The van der Waals surface area contributed by atoms with Crippen LogP contribution in [-0.2, 0) is 5.41 Å². The van der Waals surface area contributed by atoms with Crippen LogP contribution in [0.1, 0.15) is 30.5 Å². The fraction of sp³-hybridized carbons (Fsp3) is 0.0566. The molecule has 0 saturated carbocycles. The number of nitrogens with zero attached hydrogens (tertiary/aromatic N) is 2. The summed E-state index contributed by atoms with van der Waals surface area (Å²) in [6, 6.07) is 68.7. The molecule has 55 heavy (non-hydrogen) atoms. The van der Waals surface area contributed by atoms with Gasteiger partial charge in [-0.25, -0.2) is 0 Å². The highest BCUT2D eigenvalue weighted by Crippen LogP contribution is 2.50.